The van der Waals surface area contributed by atoms with Crippen molar-refractivity contribution in [3.8, 4) is 0 Å². The van der Waals surface area contributed by atoms with Crippen molar-refractivity contribution in [3.05, 3.63) is 24.3 Å². The molecule has 0 radical (unpaired) electrons. The van der Waals surface area contributed by atoms with E-state index in [-0.39, 0.29) is 6.42 Å². The highest BCUT2D eigenvalue weighted by atomic mass is 16.6. The molecule has 0 aliphatic carbocycles. The average molecular weight is 342 g/mol. The Balaban J connectivity index is 2.98. The minimum Gasteiger partial charge on any atom is -0.459 e. The minimum absolute atomic E-state index is 0.222. The van der Waals surface area contributed by atoms with E-state index in [1.807, 2.05) is 0 Å². The number of ether oxygens (including phenoxy) is 3. The van der Waals surface area contributed by atoms with Crippen LogP contribution in [-0.4, -0.2) is 58.6 Å². The number of esters is 3. The second kappa shape index (κ2) is 9.19. The molecule has 5 atom stereocenters. The van der Waals surface area contributed by atoms with Crippen LogP contribution in [0.4, 0.5) is 0 Å². The average Bonchev–Trinajstić information content (AvgIpc) is 2.47. The van der Waals surface area contributed by atoms with Gasteiger partial charge in [-0.3, -0.25) is 4.79 Å². The molecular formula is C16H22O8. The van der Waals surface area contributed by atoms with Gasteiger partial charge in [-0.25, -0.2) is 9.59 Å². The molecule has 1 rings (SSSR count). The summed E-state index contributed by atoms with van der Waals surface area (Å²) in [5.41, 5.74) is 0. The highest BCUT2D eigenvalue weighted by molar-refractivity contribution is 5.83. The number of hydrogen-bond acceptors (Lipinski definition) is 8. The Kier molecular flexibility index (Phi) is 7.60. The number of rotatable bonds is 1. The van der Waals surface area contributed by atoms with Crippen molar-refractivity contribution >= 4 is 17.9 Å². The predicted octanol–water partition coefficient (Wildman–Crippen LogP) is 0.0194. The van der Waals surface area contributed by atoms with Crippen LogP contribution in [0.3, 0.4) is 0 Å². The summed E-state index contributed by atoms with van der Waals surface area (Å²) in [6.45, 7) is 4.34. The van der Waals surface area contributed by atoms with Crippen molar-refractivity contribution in [1.82, 2.24) is 0 Å². The maximum atomic E-state index is 11.8. The second-order valence-electron chi connectivity index (χ2n) is 5.50. The highest BCUT2D eigenvalue weighted by Gasteiger charge is 2.22. The number of carbonyl (C=O) groups excluding carboxylic acids is 3. The molecule has 1 heterocycles. The van der Waals surface area contributed by atoms with Gasteiger partial charge in [0.1, 0.15) is 24.4 Å². The first-order valence-corrected chi connectivity index (χ1v) is 7.52. The third-order valence-corrected chi connectivity index (χ3v) is 3.15. The molecule has 0 bridgehead atoms. The first kappa shape index (κ1) is 19.9. The molecule has 134 valence electrons. The fourth-order valence-electron chi connectivity index (χ4n) is 1.81. The lowest BCUT2D eigenvalue weighted by Gasteiger charge is -2.18. The number of aliphatic hydroxyl groups is 2. The van der Waals surface area contributed by atoms with E-state index in [1.54, 1.807) is 0 Å². The Bertz CT molecular complexity index is 522. The number of cyclic esters (lactones) is 3. The summed E-state index contributed by atoms with van der Waals surface area (Å²) in [7, 11) is 0. The molecule has 0 aromatic rings. The lowest BCUT2D eigenvalue weighted by atomic mass is 10.2. The summed E-state index contributed by atoms with van der Waals surface area (Å²) in [6.07, 6.45) is -0.905. The van der Waals surface area contributed by atoms with Gasteiger partial charge in [-0.15, -0.1) is 0 Å². The van der Waals surface area contributed by atoms with Crippen molar-refractivity contribution in [2.24, 2.45) is 0 Å². The molecular weight excluding hydrogens is 320 g/mol. The third kappa shape index (κ3) is 6.93. The Labute approximate surface area is 139 Å². The van der Waals surface area contributed by atoms with Crippen LogP contribution in [0, 0.1) is 0 Å². The molecule has 1 aliphatic rings. The molecule has 8 nitrogen and oxygen atoms in total. The number of carbonyl (C=O) groups is 3. The summed E-state index contributed by atoms with van der Waals surface area (Å²) in [5.74, 6) is -2.25. The predicted molar refractivity (Wildman–Crippen MR) is 81.6 cm³/mol. The van der Waals surface area contributed by atoms with Gasteiger partial charge in [-0.2, -0.15) is 0 Å². The smallest absolute Gasteiger partial charge is 0.330 e. The van der Waals surface area contributed by atoms with Crippen LogP contribution in [0.15, 0.2) is 24.3 Å². The fraction of sp³-hybridized carbons (Fsp3) is 0.562. The summed E-state index contributed by atoms with van der Waals surface area (Å²) >= 11 is 0. The van der Waals surface area contributed by atoms with Crippen LogP contribution < -0.4 is 0 Å². The first-order valence-electron chi connectivity index (χ1n) is 7.52. The van der Waals surface area contributed by atoms with Crippen molar-refractivity contribution in [3.63, 3.8) is 0 Å². The quantitative estimate of drug-likeness (QED) is 0.505. The third-order valence-electron chi connectivity index (χ3n) is 3.15. The van der Waals surface area contributed by atoms with Gasteiger partial charge in [0.15, 0.2) is 0 Å². The topological polar surface area (TPSA) is 119 Å². The molecule has 24 heavy (non-hydrogen) atoms. The van der Waals surface area contributed by atoms with Crippen molar-refractivity contribution in [2.75, 3.05) is 0 Å². The van der Waals surface area contributed by atoms with E-state index < -0.39 is 48.4 Å². The maximum Gasteiger partial charge on any atom is 0.330 e. The molecule has 8 heteroatoms. The van der Waals surface area contributed by atoms with Gasteiger partial charge >= 0.3 is 17.9 Å². The van der Waals surface area contributed by atoms with Crippen molar-refractivity contribution in [1.29, 1.82) is 0 Å². The minimum atomic E-state index is -1.21. The van der Waals surface area contributed by atoms with E-state index >= 15 is 0 Å². The lowest BCUT2D eigenvalue weighted by Crippen LogP contribution is -2.29. The van der Waals surface area contributed by atoms with Crippen LogP contribution in [0.25, 0.3) is 0 Å². The maximum absolute atomic E-state index is 11.8. The van der Waals surface area contributed by atoms with Gasteiger partial charge < -0.3 is 24.4 Å². The van der Waals surface area contributed by atoms with E-state index in [1.165, 1.54) is 26.8 Å². The molecule has 0 fully saturated rings. The summed E-state index contributed by atoms with van der Waals surface area (Å²) in [5, 5.41) is 19.4. The van der Waals surface area contributed by atoms with Crippen LogP contribution in [0.2, 0.25) is 0 Å². The van der Waals surface area contributed by atoms with E-state index in [2.05, 4.69) is 0 Å². The zero-order chi connectivity index (χ0) is 18.3. The second-order valence-corrected chi connectivity index (χ2v) is 5.50. The monoisotopic (exact) mass is 342 g/mol. The molecule has 0 amide bonds. The van der Waals surface area contributed by atoms with Gasteiger partial charge in [0.2, 0.25) is 0 Å². The van der Waals surface area contributed by atoms with E-state index in [4.69, 9.17) is 14.2 Å². The van der Waals surface area contributed by atoms with Crippen molar-refractivity contribution < 1.29 is 38.8 Å². The molecule has 2 N–H and O–H groups in total. The lowest BCUT2D eigenvalue weighted by molar-refractivity contribution is -0.156. The van der Waals surface area contributed by atoms with Gasteiger partial charge in [-0.05, 0) is 32.9 Å². The zero-order valence-electron chi connectivity index (χ0n) is 13.7. The van der Waals surface area contributed by atoms with Gasteiger partial charge in [0.05, 0.1) is 12.5 Å². The normalized spacial score (nSPS) is 34.0. The van der Waals surface area contributed by atoms with E-state index in [9.17, 15) is 24.6 Å². The summed E-state index contributed by atoms with van der Waals surface area (Å²) in [6, 6.07) is 0. The Morgan fingerprint density at radius 1 is 1.04 bits per heavy atom. The fourth-order valence-corrected chi connectivity index (χ4v) is 1.81. The molecule has 0 saturated heterocycles. The summed E-state index contributed by atoms with van der Waals surface area (Å²) < 4.78 is 15.0. The molecule has 0 aromatic carbocycles. The Hall–Kier alpha value is -2.19. The summed E-state index contributed by atoms with van der Waals surface area (Å²) in [4.78, 5) is 35.1. The molecule has 0 saturated carbocycles. The number of hydrogen-bond donors (Lipinski definition) is 2. The molecule has 0 unspecified atom stereocenters. The van der Waals surface area contributed by atoms with Gasteiger partial charge in [-0.1, -0.05) is 0 Å². The standard InChI is InChI=1S/C16H22O8/c1-9-8-16(21)24-13(10(2)17)5-7-15(20)23-11(3)12(18)4-6-14(19)22-9/h4-7,9-13,17-18H,8H2,1-3H3/b6-4+,7-5+/t9-,10-,11-,12+,13+/m0/s1. The van der Waals surface area contributed by atoms with Gasteiger partial charge in [0.25, 0.3) is 0 Å². The van der Waals surface area contributed by atoms with Gasteiger partial charge in [0, 0.05) is 12.2 Å². The van der Waals surface area contributed by atoms with Crippen LogP contribution in [-0.2, 0) is 28.6 Å². The van der Waals surface area contributed by atoms with E-state index in [0.29, 0.717) is 0 Å². The molecule has 1 aliphatic heterocycles. The zero-order valence-corrected chi connectivity index (χ0v) is 13.7. The number of aliphatic hydroxyl groups excluding tert-OH is 2. The van der Waals surface area contributed by atoms with Crippen LogP contribution in [0.1, 0.15) is 27.2 Å². The molecule has 0 aromatic heterocycles. The SMILES string of the molecule is C[C@H](O)[C@H]1/C=C/C(=O)O[C@@H](C)[C@H](O)/C=C/C(=O)O[C@@H](C)CC(=O)O1. The van der Waals surface area contributed by atoms with E-state index in [0.717, 1.165) is 18.2 Å². The first-order chi connectivity index (χ1) is 11.2. The highest BCUT2D eigenvalue weighted by Crippen LogP contribution is 2.09. The molecule has 0 spiro atoms. The van der Waals surface area contributed by atoms with Crippen LogP contribution in [0.5, 0.6) is 0 Å². The Morgan fingerprint density at radius 2 is 1.62 bits per heavy atom. The van der Waals surface area contributed by atoms with Crippen molar-refractivity contribution in [2.45, 2.75) is 57.7 Å². The van der Waals surface area contributed by atoms with Crippen LogP contribution >= 0.6 is 0 Å². The Morgan fingerprint density at radius 3 is 2.25 bits per heavy atom. The largest absolute Gasteiger partial charge is 0.459 e.